The van der Waals surface area contributed by atoms with Gasteiger partial charge in [-0.25, -0.2) is 13.2 Å². The van der Waals surface area contributed by atoms with Crippen molar-refractivity contribution in [2.45, 2.75) is 25.2 Å². The summed E-state index contributed by atoms with van der Waals surface area (Å²) in [7, 11) is -3.08. The van der Waals surface area contributed by atoms with E-state index in [0.717, 1.165) is 5.56 Å². The number of esters is 1. The van der Waals surface area contributed by atoms with E-state index in [1.165, 1.54) is 6.26 Å². The van der Waals surface area contributed by atoms with E-state index in [-0.39, 0.29) is 11.9 Å². The molecular formula is C18H20O4S. The third-order valence-electron chi connectivity index (χ3n) is 3.29. The van der Waals surface area contributed by atoms with Gasteiger partial charge in [0.25, 0.3) is 0 Å². The van der Waals surface area contributed by atoms with E-state index in [1.807, 2.05) is 37.3 Å². The maximum Gasteiger partial charge on any atom is 0.338 e. The van der Waals surface area contributed by atoms with Gasteiger partial charge in [-0.3, -0.25) is 0 Å². The normalized spacial score (nSPS) is 12.6. The number of benzene rings is 2. The highest BCUT2D eigenvalue weighted by molar-refractivity contribution is 7.89. The molecule has 0 N–H and O–H groups in total. The Balaban J connectivity index is 1.95. The molecule has 23 heavy (non-hydrogen) atoms. The molecule has 0 aliphatic rings. The molecule has 0 aliphatic heterocycles. The van der Waals surface area contributed by atoms with Gasteiger partial charge in [0.2, 0.25) is 0 Å². The minimum atomic E-state index is -3.08. The average Bonchev–Trinajstić information content (AvgIpc) is 2.47. The van der Waals surface area contributed by atoms with Crippen molar-refractivity contribution in [2.24, 2.45) is 0 Å². The van der Waals surface area contributed by atoms with E-state index in [1.54, 1.807) is 24.3 Å². The number of carbonyl (C=O) groups is 1. The van der Waals surface area contributed by atoms with Gasteiger partial charge < -0.3 is 4.74 Å². The topological polar surface area (TPSA) is 60.4 Å². The fourth-order valence-corrected chi connectivity index (χ4v) is 3.08. The van der Waals surface area contributed by atoms with Gasteiger partial charge in [0, 0.05) is 12.7 Å². The quantitative estimate of drug-likeness (QED) is 0.763. The summed E-state index contributed by atoms with van der Waals surface area (Å²) in [5, 5.41) is 0. The van der Waals surface area contributed by atoms with Crippen molar-refractivity contribution in [3.05, 3.63) is 71.3 Å². The second-order valence-corrected chi connectivity index (χ2v) is 7.81. The summed E-state index contributed by atoms with van der Waals surface area (Å²) in [6.07, 6.45) is 1.60. The zero-order valence-electron chi connectivity index (χ0n) is 13.2. The Morgan fingerprint density at radius 2 is 1.61 bits per heavy atom. The van der Waals surface area contributed by atoms with Gasteiger partial charge >= 0.3 is 5.97 Å². The molecule has 0 heterocycles. The molecule has 2 rings (SSSR count). The average molecular weight is 332 g/mol. The molecule has 0 aromatic heterocycles. The molecule has 0 amide bonds. The Bertz CT molecular complexity index is 749. The van der Waals surface area contributed by atoms with Crippen LogP contribution >= 0.6 is 0 Å². The van der Waals surface area contributed by atoms with E-state index < -0.39 is 15.8 Å². The number of sulfone groups is 1. The van der Waals surface area contributed by atoms with Crippen LogP contribution in [-0.2, 0) is 26.7 Å². The molecule has 4 nitrogen and oxygen atoms in total. The number of carbonyl (C=O) groups excluding carboxylic acids is 1. The first-order valence-electron chi connectivity index (χ1n) is 7.35. The van der Waals surface area contributed by atoms with Crippen molar-refractivity contribution in [3.8, 4) is 0 Å². The van der Waals surface area contributed by atoms with Crippen molar-refractivity contribution in [1.29, 1.82) is 0 Å². The van der Waals surface area contributed by atoms with Crippen LogP contribution in [0.2, 0.25) is 0 Å². The second kappa shape index (κ2) is 7.42. The van der Waals surface area contributed by atoms with Gasteiger partial charge in [-0.15, -0.1) is 0 Å². The summed E-state index contributed by atoms with van der Waals surface area (Å²) in [6, 6.07) is 16.3. The Morgan fingerprint density at radius 1 is 1.00 bits per heavy atom. The summed E-state index contributed by atoms with van der Waals surface area (Å²) in [5.41, 5.74) is 2.18. The molecule has 5 heteroatoms. The molecule has 0 radical (unpaired) electrons. The van der Waals surface area contributed by atoms with Crippen molar-refractivity contribution in [2.75, 3.05) is 6.26 Å². The van der Waals surface area contributed by atoms with Crippen LogP contribution < -0.4 is 0 Å². The van der Waals surface area contributed by atoms with E-state index in [2.05, 4.69) is 0 Å². The van der Waals surface area contributed by atoms with Crippen LogP contribution in [0.25, 0.3) is 0 Å². The fourth-order valence-electron chi connectivity index (χ4n) is 2.28. The lowest BCUT2D eigenvalue weighted by molar-refractivity contribution is 0.0343. The third kappa shape index (κ3) is 5.87. The van der Waals surface area contributed by atoms with Gasteiger partial charge in [-0.1, -0.05) is 42.5 Å². The van der Waals surface area contributed by atoms with Crippen LogP contribution in [0.5, 0.6) is 0 Å². The molecule has 0 bridgehead atoms. The van der Waals surface area contributed by atoms with Gasteiger partial charge in [0.1, 0.15) is 6.10 Å². The van der Waals surface area contributed by atoms with Gasteiger partial charge in [0.05, 0.1) is 11.3 Å². The molecule has 2 aromatic carbocycles. The number of hydrogen-bond donors (Lipinski definition) is 0. The van der Waals surface area contributed by atoms with E-state index >= 15 is 0 Å². The number of ether oxygens (including phenoxy) is 1. The van der Waals surface area contributed by atoms with Crippen LogP contribution in [-0.4, -0.2) is 26.7 Å². The molecule has 0 saturated heterocycles. The van der Waals surface area contributed by atoms with E-state index in [0.29, 0.717) is 17.5 Å². The third-order valence-corrected chi connectivity index (χ3v) is 4.15. The molecule has 122 valence electrons. The van der Waals surface area contributed by atoms with Gasteiger partial charge in [-0.2, -0.15) is 0 Å². The summed E-state index contributed by atoms with van der Waals surface area (Å²) >= 11 is 0. The fraction of sp³-hybridized carbons (Fsp3) is 0.278. The first-order chi connectivity index (χ1) is 10.8. The first kappa shape index (κ1) is 17.2. The Hall–Kier alpha value is -2.14. The predicted molar refractivity (Wildman–Crippen MR) is 90.0 cm³/mol. The van der Waals surface area contributed by atoms with Crippen LogP contribution in [0.3, 0.4) is 0 Å². The molecular weight excluding hydrogens is 312 g/mol. The van der Waals surface area contributed by atoms with Gasteiger partial charge in [0.15, 0.2) is 9.84 Å². The summed E-state index contributed by atoms with van der Waals surface area (Å²) in [5.74, 6) is -0.438. The molecule has 0 fully saturated rings. The van der Waals surface area contributed by atoms with E-state index in [4.69, 9.17) is 4.74 Å². The van der Waals surface area contributed by atoms with Crippen LogP contribution in [0.1, 0.15) is 28.4 Å². The lowest BCUT2D eigenvalue weighted by Crippen LogP contribution is -2.17. The zero-order valence-corrected chi connectivity index (χ0v) is 14.0. The molecule has 0 spiro atoms. The van der Waals surface area contributed by atoms with Crippen molar-refractivity contribution >= 4 is 15.8 Å². The minimum absolute atomic E-state index is 0.0350. The lowest BCUT2D eigenvalue weighted by Gasteiger charge is -2.13. The molecule has 0 unspecified atom stereocenters. The maximum absolute atomic E-state index is 12.1. The Kier molecular flexibility index (Phi) is 5.55. The molecule has 0 aliphatic carbocycles. The monoisotopic (exact) mass is 332 g/mol. The van der Waals surface area contributed by atoms with Crippen molar-refractivity contribution in [1.82, 2.24) is 0 Å². The van der Waals surface area contributed by atoms with Gasteiger partial charge in [-0.05, 0) is 30.2 Å². The first-order valence-corrected chi connectivity index (χ1v) is 9.41. The van der Waals surface area contributed by atoms with Crippen LogP contribution in [0, 0.1) is 0 Å². The summed E-state index contributed by atoms with van der Waals surface area (Å²) in [6.45, 7) is 1.85. The second-order valence-electron chi connectivity index (χ2n) is 5.67. The minimum Gasteiger partial charge on any atom is -0.459 e. The van der Waals surface area contributed by atoms with Crippen molar-refractivity contribution < 1.29 is 17.9 Å². The lowest BCUT2D eigenvalue weighted by atomic mass is 10.1. The number of hydrogen-bond acceptors (Lipinski definition) is 4. The Morgan fingerprint density at radius 3 is 2.17 bits per heavy atom. The van der Waals surface area contributed by atoms with Crippen LogP contribution in [0.15, 0.2) is 54.6 Å². The highest BCUT2D eigenvalue weighted by Gasteiger charge is 2.13. The molecule has 2 aromatic rings. The van der Waals surface area contributed by atoms with E-state index in [9.17, 15) is 13.2 Å². The SMILES string of the molecule is C[C@@H](Cc1ccccc1)OC(=O)c1ccc(CS(C)(=O)=O)cc1. The predicted octanol–water partition coefficient (Wildman–Crippen LogP) is 3.02. The smallest absolute Gasteiger partial charge is 0.338 e. The van der Waals surface area contributed by atoms with Crippen LogP contribution in [0.4, 0.5) is 0 Å². The highest BCUT2D eigenvalue weighted by Crippen LogP contribution is 2.12. The standard InChI is InChI=1S/C18H20O4S/c1-14(12-15-6-4-3-5-7-15)22-18(19)17-10-8-16(9-11-17)13-23(2,20)21/h3-11,14H,12-13H2,1-2H3/t14-/m0/s1. The zero-order chi connectivity index (χ0) is 16.9. The highest BCUT2D eigenvalue weighted by atomic mass is 32.2. The summed E-state index contributed by atoms with van der Waals surface area (Å²) in [4.78, 5) is 12.1. The summed E-state index contributed by atoms with van der Waals surface area (Å²) < 4.78 is 27.9. The molecule has 0 saturated carbocycles. The Labute approximate surface area is 137 Å². The van der Waals surface area contributed by atoms with Crippen molar-refractivity contribution in [3.63, 3.8) is 0 Å². The largest absolute Gasteiger partial charge is 0.459 e. The number of rotatable bonds is 6. The maximum atomic E-state index is 12.1. The molecule has 1 atom stereocenters.